The van der Waals surface area contributed by atoms with Crippen LogP contribution in [0.2, 0.25) is 0 Å². The van der Waals surface area contributed by atoms with Crippen LogP contribution in [0, 0.1) is 17.8 Å². The third-order valence-electron chi connectivity index (χ3n) is 2.12. The molecule has 0 aromatic carbocycles. The molecule has 84 valence electrons. The van der Waals surface area contributed by atoms with Crippen LogP contribution >= 0.6 is 0 Å². The van der Waals surface area contributed by atoms with E-state index in [4.69, 9.17) is 0 Å². The summed E-state index contributed by atoms with van der Waals surface area (Å²) in [5, 5.41) is 23.8. The van der Waals surface area contributed by atoms with Crippen molar-refractivity contribution in [1.82, 2.24) is 14.8 Å². The molecule has 2 aromatic rings. The van der Waals surface area contributed by atoms with Crippen LogP contribution in [0.15, 0.2) is 0 Å². The average Bonchev–Trinajstić information content (AvgIpc) is 2.41. The fourth-order valence-corrected chi connectivity index (χ4v) is 1.48. The molecule has 0 aliphatic rings. The third-order valence-corrected chi connectivity index (χ3v) is 2.12. The summed E-state index contributed by atoms with van der Waals surface area (Å²) in [4.78, 5) is 2.74. The molecule has 2 aromatic heterocycles. The maximum atomic E-state index is 13.2. The Morgan fingerprint density at radius 1 is 1.06 bits per heavy atom. The quantitative estimate of drug-likeness (QED) is 0.387. The molecule has 0 aliphatic carbocycles. The minimum Gasteiger partial charge on any atom is -0.889 e. The molecule has 2 rings (SSSR count). The molecule has 0 aliphatic heterocycles. The van der Waals surface area contributed by atoms with Crippen LogP contribution in [0.1, 0.15) is 0 Å². The average molecular weight is 307 g/mol. The molecule has 2 heterocycles. The molecule has 0 amide bonds. The van der Waals surface area contributed by atoms with Crippen molar-refractivity contribution in [2.75, 3.05) is 0 Å². The second-order valence-electron chi connectivity index (χ2n) is 3.08. The molecular weight excluding hydrogens is 304 g/mol. The van der Waals surface area contributed by atoms with Crippen molar-refractivity contribution in [3.8, 4) is 0 Å². The van der Waals surface area contributed by atoms with Gasteiger partial charge in [0.25, 0.3) is 0 Å². The summed E-state index contributed by atoms with van der Waals surface area (Å²) in [6.07, 6.45) is 0. The normalized spacial score (nSPS) is 9.89. The molecule has 0 atom stereocenters. The Balaban J connectivity index is 0.00000144. The number of rotatable bonds is 1. The number of hydrogen-bond acceptors (Lipinski definition) is 4. The van der Waals surface area contributed by atoms with Crippen molar-refractivity contribution < 1.29 is 126 Å². The maximum absolute atomic E-state index is 13.2. The molecule has 0 N–H and O–H groups in total. The summed E-state index contributed by atoms with van der Waals surface area (Å²) in [5.74, 6) is -4.20. The second-order valence-corrected chi connectivity index (χ2v) is 3.08. The molecule has 0 unspecified atom stereocenters. The smallest absolute Gasteiger partial charge is 0.889 e. The molecule has 18 heavy (non-hydrogen) atoms. The number of aryl methyl sites for hydroxylation is 1. The van der Waals surface area contributed by atoms with Crippen molar-refractivity contribution in [3.63, 3.8) is 0 Å². The number of aromatic nitrogens is 3. The Kier molecular flexibility index (Phi) is 8.32. The van der Waals surface area contributed by atoms with E-state index in [1.54, 1.807) is 0 Å². The van der Waals surface area contributed by atoms with Gasteiger partial charge in [0.2, 0.25) is 17.8 Å². The molecule has 5 nitrogen and oxygen atoms in total. The first-order chi connectivity index (χ1) is 7.43. The Labute approximate surface area is 185 Å². The summed E-state index contributed by atoms with van der Waals surface area (Å²) in [5.41, 5.74) is -1.56. The Morgan fingerprint density at radius 3 is 2.11 bits per heavy atom. The van der Waals surface area contributed by atoms with Crippen molar-refractivity contribution in [2.24, 2.45) is 7.05 Å². The molecule has 0 saturated heterocycles. The first-order valence-electron chi connectivity index (χ1n) is 4.12. The summed E-state index contributed by atoms with van der Waals surface area (Å²) >= 11 is 0. The first kappa shape index (κ1) is 19.7. The zero-order chi connectivity index (χ0) is 12.0. The van der Waals surface area contributed by atoms with E-state index in [1.165, 1.54) is 7.05 Å². The van der Waals surface area contributed by atoms with Crippen molar-refractivity contribution in [2.45, 2.75) is 0 Å². The topological polar surface area (TPSA) is 76.8 Å². The minimum atomic E-state index is -2.80. The monoisotopic (exact) mass is 307 g/mol. The standard InChI is InChI=1S/C7H3BF3N3O2.2K/c1-14-4-2(5(9)13-14)3(8(15)16)6(10)12-7(4)11;;/h1H3;;/q-2;2*+1. The number of halogens is 3. The van der Waals surface area contributed by atoms with Crippen LogP contribution in [0.3, 0.4) is 0 Å². The molecule has 0 saturated carbocycles. The molecule has 0 bridgehead atoms. The second kappa shape index (κ2) is 7.61. The van der Waals surface area contributed by atoms with Crippen LogP contribution in [0.25, 0.3) is 10.9 Å². The van der Waals surface area contributed by atoms with Gasteiger partial charge in [-0.15, -0.1) is 5.10 Å². The van der Waals surface area contributed by atoms with Crippen LogP contribution in [-0.2, 0) is 7.05 Å². The van der Waals surface area contributed by atoms with E-state index in [-0.39, 0.29) is 103 Å². The van der Waals surface area contributed by atoms with Gasteiger partial charge in [-0.3, -0.25) is 4.68 Å². The van der Waals surface area contributed by atoms with E-state index in [1.807, 2.05) is 0 Å². The van der Waals surface area contributed by atoms with E-state index in [0.29, 0.717) is 0 Å². The maximum Gasteiger partial charge on any atom is 1.00 e. The van der Waals surface area contributed by atoms with E-state index >= 15 is 0 Å². The number of nitrogens with zero attached hydrogens (tertiary/aromatic N) is 3. The Morgan fingerprint density at radius 2 is 1.61 bits per heavy atom. The fourth-order valence-electron chi connectivity index (χ4n) is 1.48. The van der Waals surface area contributed by atoms with Crippen LogP contribution in [0.5, 0.6) is 0 Å². The van der Waals surface area contributed by atoms with Gasteiger partial charge in [-0.05, 0) is 0 Å². The van der Waals surface area contributed by atoms with Crippen molar-refractivity contribution in [3.05, 3.63) is 17.8 Å². The Bertz CT molecular complexity index is 581. The largest absolute Gasteiger partial charge is 1.00 e. The van der Waals surface area contributed by atoms with Gasteiger partial charge < -0.3 is 10.0 Å². The van der Waals surface area contributed by atoms with Crippen LogP contribution in [0.4, 0.5) is 13.2 Å². The van der Waals surface area contributed by atoms with E-state index in [9.17, 15) is 23.2 Å². The van der Waals surface area contributed by atoms with E-state index in [0.717, 1.165) is 4.68 Å². The van der Waals surface area contributed by atoms with Gasteiger partial charge in [-0.1, -0.05) is 12.6 Å². The summed E-state index contributed by atoms with van der Waals surface area (Å²) < 4.78 is 40.2. The molecule has 0 radical (unpaired) electrons. The van der Waals surface area contributed by atoms with E-state index < -0.39 is 41.3 Å². The zero-order valence-electron chi connectivity index (χ0n) is 9.87. The Hall–Kier alpha value is 1.67. The predicted molar refractivity (Wildman–Crippen MR) is 43.8 cm³/mol. The van der Waals surface area contributed by atoms with Gasteiger partial charge in [0.05, 0.1) is 5.39 Å². The van der Waals surface area contributed by atoms with Crippen LogP contribution in [-0.4, -0.2) is 21.9 Å². The van der Waals surface area contributed by atoms with Crippen LogP contribution < -0.4 is 118 Å². The number of hydrogen-bond donors (Lipinski definition) is 0. The summed E-state index contributed by atoms with van der Waals surface area (Å²) in [6, 6.07) is 0. The molecule has 0 fully saturated rings. The fraction of sp³-hybridized carbons (Fsp3) is 0.143. The van der Waals surface area contributed by atoms with Gasteiger partial charge in [-0.2, -0.15) is 18.2 Å². The van der Waals surface area contributed by atoms with Crippen molar-refractivity contribution >= 4 is 23.5 Å². The van der Waals surface area contributed by atoms with Gasteiger partial charge >= 0.3 is 103 Å². The van der Waals surface area contributed by atoms with E-state index in [2.05, 4.69) is 10.1 Å². The van der Waals surface area contributed by atoms with Gasteiger partial charge in [-0.25, -0.2) is 0 Å². The molecule has 11 heteroatoms. The SMILES string of the molecule is Cn1nc(F)c2c(B([O-])[O-])c(F)nc(F)c21.[K+].[K+]. The zero-order valence-corrected chi connectivity index (χ0v) is 16.1. The third kappa shape index (κ3) is 3.46. The first-order valence-corrected chi connectivity index (χ1v) is 4.12. The number of fused-ring (bicyclic) bond motifs is 1. The molecular formula is C7H3BF3K2N3O2. The minimum absolute atomic E-state index is 0. The summed E-state index contributed by atoms with van der Waals surface area (Å²) in [6.45, 7) is 0. The molecule has 0 spiro atoms. The predicted octanol–water partition coefficient (Wildman–Crippen LogP) is -8.19. The van der Waals surface area contributed by atoms with Gasteiger partial charge in [0, 0.05) is 7.05 Å². The summed E-state index contributed by atoms with van der Waals surface area (Å²) in [7, 11) is -1.61. The van der Waals surface area contributed by atoms with Gasteiger partial charge in [0.15, 0.2) is 0 Å². The van der Waals surface area contributed by atoms with Crippen molar-refractivity contribution in [1.29, 1.82) is 0 Å². The number of pyridine rings is 1. The van der Waals surface area contributed by atoms with Gasteiger partial charge in [0.1, 0.15) is 5.52 Å².